The fraction of sp³-hybridized carbons (Fsp3) is 0.320. The Hall–Kier alpha value is -3.50. The third-order valence-electron chi connectivity index (χ3n) is 5.85. The normalized spacial score (nSPS) is 14.5. The Morgan fingerprint density at radius 2 is 1.77 bits per heavy atom. The Labute approximate surface area is 204 Å². The van der Waals surface area contributed by atoms with E-state index in [9.17, 15) is 18.0 Å². The lowest BCUT2D eigenvalue weighted by molar-refractivity contribution is -0.119. The van der Waals surface area contributed by atoms with Crippen LogP contribution in [0.25, 0.3) is 11.3 Å². The standard InChI is InChI=1S/C25H27N3O6S/c1-17-11-12-20(15-21(17)35(31,32)28-13-7-4-8-14-28)26-22(29)16-33-25(30)23-18(2)34-27-24(23)19-9-5-3-6-10-19/h3,5-6,9-12,15H,4,7-8,13-14,16H2,1-2H3,(H,26,29). The van der Waals surface area contributed by atoms with Gasteiger partial charge in [-0.1, -0.05) is 48.0 Å². The highest BCUT2D eigenvalue weighted by molar-refractivity contribution is 7.89. The molecule has 0 bridgehead atoms. The second-order valence-electron chi connectivity index (χ2n) is 8.40. The van der Waals surface area contributed by atoms with E-state index in [1.54, 1.807) is 38.1 Å². The van der Waals surface area contributed by atoms with Crippen molar-refractivity contribution in [1.82, 2.24) is 9.46 Å². The molecule has 0 atom stereocenters. The van der Waals surface area contributed by atoms with Gasteiger partial charge in [-0.3, -0.25) is 4.79 Å². The predicted octanol–water partition coefficient (Wildman–Crippen LogP) is 3.93. The minimum absolute atomic E-state index is 0.147. The highest BCUT2D eigenvalue weighted by atomic mass is 32.2. The number of nitrogens with one attached hydrogen (secondary N) is 1. The van der Waals surface area contributed by atoms with Crippen LogP contribution in [-0.2, 0) is 19.6 Å². The predicted molar refractivity (Wildman–Crippen MR) is 129 cm³/mol. The molecule has 2 aromatic carbocycles. The first-order valence-electron chi connectivity index (χ1n) is 11.4. The number of ether oxygens (including phenoxy) is 1. The van der Waals surface area contributed by atoms with Crippen molar-refractivity contribution in [2.24, 2.45) is 0 Å². The molecule has 1 amide bonds. The molecule has 184 valence electrons. The van der Waals surface area contributed by atoms with Crippen molar-refractivity contribution in [1.29, 1.82) is 0 Å². The molecule has 1 aliphatic heterocycles. The highest BCUT2D eigenvalue weighted by Crippen LogP contribution is 2.27. The van der Waals surface area contributed by atoms with Gasteiger partial charge in [-0.05, 0) is 44.4 Å². The lowest BCUT2D eigenvalue weighted by atomic mass is 10.1. The number of amides is 1. The zero-order chi connectivity index (χ0) is 25.0. The number of anilines is 1. The van der Waals surface area contributed by atoms with E-state index in [4.69, 9.17) is 9.26 Å². The molecule has 0 unspecified atom stereocenters. The van der Waals surface area contributed by atoms with Crippen LogP contribution in [0, 0.1) is 13.8 Å². The fourth-order valence-electron chi connectivity index (χ4n) is 4.01. The summed E-state index contributed by atoms with van der Waals surface area (Å²) < 4.78 is 38.1. The zero-order valence-corrected chi connectivity index (χ0v) is 20.4. The maximum atomic E-state index is 13.1. The smallest absolute Gasteiger partial charge is 0.344 e. The van der Waals surface area contributed by atoms with Crippen LogP contribution in [0.1, 0.15) is 40.9 Å². The van der Waals surface area contributed by atoms with E-state index in [1.165, 1.54) is 10.4 Å². The largest absolute Gasteiger partial charge is 0.452 e. The molecule has 1 aromatic heterocycles. The van der Waals surface area contributed by atoms with Crippen LogP contribution in [0.4, 0.5) is 5.69 Å². The fourth-order valence-corrected chi connectivity index (χ4v) is 5.77. The molecule has 9 nitrogen and oxygen atoms in total. The molecule has 10 heteroatoms. The molecule has 4 rings (SSSR count). The van der Waals surface area contributed by atoms with Crippen LogP contribution in [0.3, 0.4) is 0 Å². The van der Waals surface area contributed by atoms with Crippen LogP contribution in [0.15, 0.2) is 57.9 Å². The quantitative estimate of drug-likeness (QED) is 0.491. The van der Waals surface area contributed by atoms with E-state index in [1.807, 2.05) is 18.2 Å². The van der Waals surface area contributed by atoms with Gasteiger partial charge >= 0.3 is 5.97 Å². The van der Waals surface area contributed by atoms with Crippen molar-refractivity contribution < 1.29 is 27.3 Å². The number of aromatic nitrogens is 1. The number of rotatable bonds is 7. The number of hydrogen-bond donors (Lipinski definition) is 1. The van der Waals surface area contributed by atoms with Gasteiger partial charge in [0.25, 0.3) is 5.91 Å². The van der Waals surface area contributed by atoms with E-state index in [2.05, 4.69) is 10.5 Å². The number of esters is 1. The Kier molecular flexibility index (Phi) is 7.32. The number of sulfonamides is 1. The van der Waals surface area contributed by atoms with E-state index in [0.717, 1.165) is 19.3 Å². The number of hydrogen-bond acceptors (Lipinski definition) is 7. The molecule has 0 saturated carbocycles. The molecule has 1 aliphatic rings. The molecule has 1 saturated heterocycles. The van der Waals surface area contributed by atoms with Gasteiger partial charge in [0.1, 0.15) is 17.0 Å². The summed E-state index contributed by atoms with van der Waals surface area (Å²) in [7, 11) is -3.66. The second-order valence-corrected chi connectivity index (χ2v) is 10.3. The monoisotopic (exact) mass is 497 g/mol. The van der Waals surface area contributed by atoms with Crippen molar-refractivity contribution in [2.75, 3.05) is 25.0 Å². The van der Waals surface area contributed by atoms with E-state index >= 15 is 0 Å². The summed E-state index contributed by atoms with van der Waals surface area (Å²) in [5.74, 6) is -1.06. The minimum Gasteiger partial charge on any atom is -0.452 e. The van der Waals surface area contributed by atoms with Crippen LogP contribution in [0.2, 0.25) is 0 Å². The van der Waals surface area contributed by atoms with Crippen molar-refractivity contribution in [3.63, 3.8) is 0 Å². The van der Waals surface area contributed by atoms with E-state index in [0.29, 0.717) is 35.6 Å². The van der Waals surface area contributed by atoms with Gasteiger partial charge in [0.05, 0.1) is 4.90 Å². The molecule has 0 aliphatic carbocycles. The Morgan fingerprint density at radius 1 is 1.06 bits per heavy atom. The maximum absolute atomic E-state index is 13.1. The third-order valence-corrected chi connectivity index (χ3v) is 7.89. The first kappa shape index (κ1) is 24.6. The summed E-state index contributed by atoms with van der Waals surface area (Å²) in [4.78, 5) is 25.3. The Morgan fingerprint density at radius 3 is 2.49 bits per heavy atom. The summed E-state index contributed by atoms with van der Waals surface area (Å²) in [5.41, 5.74) is 2.06. The first-order valence-corrected chi connectivity index (χ1v) is 12.8. The molecule has 0 radical (unpaired) electrons. The van der Waals surface area contributed by atoms with Crippen LogP contribution < -0.4 is 5.32 Å². The lowest BCUT2D eigenvalue weighted by Crippen LogP contribution is -2.36. The van der Waals surface area contributed by atoms with Gasteiger partial charge < -0.3 is 14.6 Å². The molecular formula is C25H27N3O6S. The number of piperidine rings is 1. The van der Waals surface area contributed by atoms with Crippen molar-refractivity contribution in [3.05, 3.63) is 65.4 Å². The van der Waals surface area contributed by atoms with Gasteiger partial charge in [0.2, 0.25) is 10.0 Å². The number of aryl methyl sites for hydroxylation is 2. The molecule has 35 heavy (non-hydrogen) atoms. The highest BCUT2D eigenvalue weighted by Gasteiger charge is 2.28. The summed E-state index contributed by atoms with van der Waals surface area (Å²) in [6.07, 6.45) is 2.68. The van der Waals surface area contributed by atoms with Gasteiger partial charge in [-0.15, -0.1) is 0 Å². The Bertz CT molecular complexity index is 1330. The average Bonchev–Trinajstić information content (AvgIpc) is 3.26. The van der Waals surface area contributed by atoms with Crippen LogP contribution in [-0.4, -0.2) is 49.5 Å². The molecule has 0 spiro atoms. The van der Waals surface area contributed by atoms with E-state index < -0.39 is 28.5 Å². The summed E-state index contributed by atoms with van der Waals surface area (Å²) in [5, 5.41) is 6.55. The van der Waals surface area contributed by atoms with Crippen molar-refractivity contribution >= 4 is 27.6 Å². The van der Waals surface area contributed by atoms with Gasteiger partial charge in [0.15, 0.2) is 6.61 Å². The molecule has 1 fully saturated rings. The first-order chi connectivity index (χ1) is 16.8. The number of benzene rings is 2. The Balaban J connectivity index is 1.43. The molecular weight excluding hydrogens is 470 g/mol. The summed E-state index contributed by atoms with van der Waals surface area (Å²) in [6, 6.07) is 13.7. The maximum Gasteiger partial charge on any atom is 0.344 e. The third kappa shape index (κ3) is 5.44. The summed E-state index contributed by atoms with van der Waals surface area (Å²) >= 11 is 0. The number of carbonyl (C=O) groups excluding carboxylic acids is 2. The second kappa shape index (κ2) is 10.4. The molecule has 3 aromatic rings. The minimum atomic E-state index is -3.66. The van der Waals surface area contributed by atoms with Crippen LogP contribution >= 0.6 is 0 Å². The van der Waals surface area contributed by atoms with Gasteiger partial charge in [-0.25, -0.2) is 13.2 Å². The van der Waals surface area contributed by atoms with Gasteiger partial charge in [0, 0.05) is 24.3 Å². The van der Waals surface area contributed by atoms with Crippen molar-refractivity contribution in [2.45, 2.75) is 38.0 Å². The van der Waals surface area contributed by atoms with Crippen molar-refractivity contribution in [3.8, 4) is 11.3 Å². The van der Waals surface area contributed by atoms with Crippen LogP contribution in [0.5, 0.6) is 0 Å². The number of carbonyl (C=O) groups is 2. The molecule has 1 N–H and O–H groups in total. The molecule has 2 heterocycles. The number of nitrogens with zero attached hydrogens (tertiary/aromatic N) is 2. The average molecular weight is 498 g/mol. The lowest BCUT2D eigenvalue weighted by Gasteiger charge is -2.26. The topological polar surface area (TPSA) is 119 Å². The SMILES string of the molecule is Cc1ccc(NC(=O)COC(=O)c2c(-c3ccccc3)noc2C)cc1S(=O)(=O)N1CCCCC1. The van der Waals surface area contributed by atoms with Gasteiger partial charge in [-0.2, -0.15) is 4.31 Å². The summed E-state index contributed by atoms with van der Waals surface area (Å²) in [6.45, 7) is 3.73. The zero-order valence-electron chi connectivity index (χ0n) is 19.6. The van der Waals surface area contributed by atoms with E-state index in [-0.39, 0.29) is 16.2 Å².